The van der Waals surface area contributed by atoms with Gasteiger partial charge in [0.25, 0.3) is 0 Å². The largest absolute Gasteiger partial charge is 0.331 e. The van der Waals surface area contributed by atoms with Crippen molar-refractivity contribution in [3.05, 3.63) is 24.3 Å². The molecule has 0 bridgehead atoms. The van der Waals surface area contributed by atoms with E-state index in [4.69, 9.17) is 0 Å². The normalized spacial score (nSPS) is 9.46. The molecule has 70 valence electrons. The van der Waals surface area contributed by atoms with Gasteiger partial charge in [0.1, 0.15) is 5.82 Å². The zero-order valence-corrected chi connectivity index (χ0v) is 7.41. The quantitative estimate of drug-likeness (QED) is 0.713. The third-order valence-corrected chi connectivity index (χ3v) is 1.42. The zero-order valence-electron chi connectivity index (χ0n) is 7.41. The highest BCUT2D eigenvalue weighted by atomic mass is 19.1. The van der Waals surface area contributed by atoms with E-state index in [1.54, 1.807) is 14.1 Å². The highest BCUT2D eigenvalue weighted by Gasteiger charge is 2.07. The highest BCUT2D eigenvalue weighted by Crippen LogP contribution is 2.10. The highest BCUT2D eigenvalue weighted by molar-refractivity contribution is 5.88. The minimum atomic E-state index is -0.495. The lowest BCUT2D eigenvalue weighted by Crippen LogP contribution is -2.27. The molecule has 1 rings (SSSR count). The maximum Gasteiger partial charge on any atom is 0.321 e. The number of anilines is 1. The van der Waals surface area contributed by atoms with Gasteiger partial charge in [0.2, 0.25) is 0 Å². The van der Waals surface area contributed by atoms with Crippen molar-refractivity contribution in [3.8, 4) is 0 Å². The lowest BCUT2D eigenvalue weighted by atomic mass is 10.4. The van der Waals surface area contributed by atoms with Gasteiger partial charge in [-0.1, -0.05) is 0 Å². The van der Waals surface area contributed by atoms with Crippen molar-refractivity contribution in [2.45, 2.75) is 0 Å². The second-order valence-corrected chi connectivity index (χ2v) is 2.68. The summed E-state index contributed by atoms with van der Waals surface area (Å²) < 4.78 is 12.9. The van der Waals surface area contributed by atoms with E-state index in [-0.39, 0.29) is 11.7 Å². The smallest absolute Gasteiger partial charge is 0.321 e. The summed E-state index contributed by atoms with van der Waals surface area (Å²) in [5.74, 6) is -0.495. The lowest BCUT2D eigenvalue weighted by molar-refractivity contribution is 0.230. The molecule has 0 aliphatic carbocycles. The second-order valence-electron chi connectivity index (χ2n) is 2.68. The fraction of sp³-hybridized carbons (Fsp3) is 0.250. The Hall–Kier alpha value is -1.65. The van der Waals surface area contributed by atoms with Gasteiger partial charge in [-0.25, -0.2) is 9.18 Å². The number of urea groups is 1. The molecular weight excluding hydrogens is 173 g/mol. The van der Waals surface area contributed by atoms with Crippen LogP contribution in [0.2, 0.25) is 0 Å². The first-order valence-corrected chi connectivity index (χ1v) is 3.69. The molecule has 0 aliphatic rings. The number of nitrogens with one attached hydrogen (secondary N) is 1. The minimum absolute atomic E-state index is 0.0844. The van der Waals surface area contributed by atoms with Crippen molar-refractivity contribution >= 4 is 11.7 Å². The van der Waals surface area contributed by atoms with Gasteiger partial charge in [0, 0.05) is 20.3 Å². The van der Waals surface area contributed by atoms with Crippen molar-refractivity contribution in [2.24, 2.45) is 0 Å². The molecule has 0 saturated carbocycles. The molecule has 0 fully saturated rings. The Morgan fingerprint density at radius 2 is 2.31 bits per heavy atom. The maximum atomic E-state index is 12.9. The molecule has 0 aliphatic heterocycles. The van der Waals surface area contributed by atoms with Gasteiger partial charge >= 0.3 is 6.03 Å². The number of halogens is 1. The number of aromatic nitrogens is 1. The standard InChI is InChI=1S/C8H10FN3O/c1-12(2)8(13)11-7-5-10-4-3-6(7)9/h3-5H,1-2H3,(H,11,13). The average molecular weight is 183 g/mol. The number of pyridine rings is 1. The van der Waals surface area contributed by atoms with Crippen LogP contribution < -0.4 is 5.32 Å². The summed E-state index contributed by atoms with van der Waals surface area (Å²) in [6, 6.07) is 0.803. The SMILES string of the molecule is CN(C)C(=O)Nc1cnccc1F. The first kappa shape index (κ1) is 9.44. The number of carbonyl (C=O) groups is 1. The molecule has 4 nitrogen and oxygen atoms in total. The van der Waals surface area contributed by atoms with E-state index in [0.717, 1.165) is 0 Å². The number of amides is 2. The molecule has 1 N–H and O–H groups in total. The van der Waals surface area contributed by atoms with Crippen molar-refractivity contribution in [1.82, 2.24) is 9.88 Å². The van der Waals surface area contributed by atoms with Gasteiger partial charge in [-0.15, -0.1) is 0 Å². The Kier molecular flexibility index (Phi) is 2.79. The van der Waals surface area contributed by atoms with E-state index >= 15 is 0 Å². The predicted molar refractivity (Wildman–Crippen MR) is 46.9 cm³/mol. The van der Waals surface area contributed by atoms with Crippen LogP contribution in [0.5, 0.6) is 0 Å². The predicted octanol–water partition coefficient (Wildman–Crippen LogP) is 1.31. The Balaban J connectivity index is 2.75. The Morgan fingerprint density at radius 1 is 1.62 bits per heavy atom. The molecule has 1 aromatic heterocycles. The van der Waals surface area contributed by atoms with Crippen LogP contribution in [0.15, 0.2) is 18.5 Å². The van der Waals surface area contributed by atoms with E-state index in [9.17, 15) is 9.18 Å². The number of hydrogen-bond donors (Lipinski definition) is 1. The summed E-state index contributed by atoms with van der Waals surface area (Å²) in [5, 5.41) is 2.36. The minimum Gasteiger partial charge on any atom is -0.331 e. The van der Waals surface area contributed by atoms with Gasteiger partial charge in [-0.05, 0) is 6.07 Å². The lowest BCUT2D eigenvalue weighted by Gasteiger charge is -2.11. The van der Waals surface area contributed by atoms with Gasteiger partial charge in [-0.2, -0.15) is 0 Å². The van der Waals surface area contributed by atoms with Crippen molar-refractivity contribution < 1.29 is 9.18 Å². The molecule has 0 atom stereocenters. The van der Waals surface area contributed by atoms with Crippen LogP contribution in [0.4, 0.5) is 14.9 Å². The van der Waals surface area contributed by atoms with Crippen LogP contribution in [-0.2, 0) is 0 Å². The van der Waals surface area contributed by atoms with Crippen LogP contribution in [-0.4, -0.2) is 30.0 Å². The topological polar surface area (TPSA) is 45.2 Å². The Morgan fingerprint density at radius 3 is 2.85 bits per heavy atom. The summed E-state index contributed by atoms with van der Waals surface area (Å²) in [6.07, 6.45) is 2.58. The molecule has 1 aromatic rings. The van der Waals surface area contributed by atoms with Gasteiger partial charge in [0.15, 0.2) is 0 Å². The van der Waals surface area contributed by atoms with E-state index in [0.29, 0.717) is 0 Å². The molecule has 0 radical (unpaired) electrons. The van der Waals surface area contributed by atoms with Crippen molar-refractivity contribution in [3.63, 3.8) is 0 Å². The van der Waals surface area contributed by atoms with Crippen LogP contribution in [0.25, 0.3) is 0 Å². The van der Waals surface area contributed by atoms with Crippen LogP contribution >= 0.6 is 0 Å². The molecule has 13 heavy (non-hydrogen) atoms. The maximum absolute atomic E-state index is 12.9. The Labute approximate surface area is 75.4 Å². The average Bonchev–Trinajstić information content (AvgIpc) is 2.08. The molecule has 2 amide bonds. The van der Waals surface area contributed by atoms with E-state index in [2.05, 4.69) is 10.3 Å². The first-order chi connectivity index (χ1) is 6.11. The van der Waals surface area contributed by atoms with Crippen LogP contribution in [0.3, 0.4) is 0 Å². The van der Waals surface area contributed by atoms with E-state index < -0.39 is 5.82 Å². The third kappa shape index (κ3) is 2.40. The van der Waals surface area contributed by atoms with Crippen LogP contribution in [0, 0.1) is 5.82 Å². The fourth-order valence-corrected chi connectivity index (χ4v) is 0.696. The Bertz CT molecular complexity index is 314. The fourth-order valence-electron chi connectivity index (χ4n) is 0.696. The number of carbonyl (C=O) groups excluding carboxylic acids is 1. The molecule has 0 aromatic carbocycles. The van der Waals surface area contributed by atoms with Gasteiger partial charge in [0.05, 0.1) is 11.9 Å². The molecule has 1 heterocycles. The number of nitrogens with zero attached hydrogens (tertiary/aromatic N) is 2. The summed E-state index contributed by atoms with van der Waals surface area (Å²) in [5.41, 5.74) is 0.0844. The van der Waals surface area contributed by atoms with E-state index in [1.807, 2.05) is 0 Å². The molecule has 0 unspecified atom stereocenters. The van der Waals surface area contributed by atoms with Gasteiger partial charge in [-0.3, -0.25) is 4.98 Å². The summed E-state index contributed by atoms with van der Waals surface area (Å²) in [7, 11) is 3.15. The molecular formula is C8H10FN3O. The van der Waals surface area contributed by atoms with Crippen molar-refractivity contribution in [2.75, 3.05) is 19.4 Å². The number of hydrogen-bond acceptors (Lipinski definition) is 2. The van der Waals surface area contributed by atoms with E-state index in [1.165, 1.54) is 23.4 Å². The zero-order chi connectivity index (χ0) is 9.84. The van der Waals surface area contributed by atoms with Crippen molar-refractivity contribution in [1.29, 1.82) is 0 Å². The monoisotopic (exact) mass is 183 g/mol. The molecule has 0 spiro atoms. The summed E-state index contributed by atoms with van der Waals surface area (Å²) in [6.45, 7) is 0. The number of rotatable bonds is 1. The summed E-state index contributed by atoms with van der Waals surface area (Å²) in [4.78, 5) is 16.1. The molecule has 5 heteroatoms. The first-order valence-electron chi connectivity index (χ1n) is 3.69. The summed E-state index contributed by atoms with van der Waals surface area (Å²) >= 11 is 0. The van der Waals surface area contributed by atoms with Crippen LogP contribution in [0.1, 0.15) is 0 Å². The third-order valence-electron chi connectivity index (χ3n) is 1.42. The molecule has 0 saturated heterocycles. The second kappa shape index (κ2) is 3.84. The van der Waals surface area contributed by atoms with Gasteiger partial charge < -0.3 is 10.2 Å².